The molecule has 0 bridgehead atoms. The van der Waals surface area contributed by atoms with Gasteiger partial charge in [0.05, 0.1) is 5.60 Å². The van der Waals surface area contributed by atoms with Gasteiger partial charge < -0.3 is 25.0 Å². The van der Waals surface area contributed by atoms with Crippen LogP contribution in [-0.4, -0.2) is 76.1 Å². The molecule has 2 rings (SSSR count). The van der Waals surface area contributed by atoms with Gasteiger partial charge in [-0.25, -0.2) is 0 Å². The molecule has 2 fully saturated rings. The third-order valence-electron chi connectivity index (χ3n) is 5.93. The fraction of sp³-hybridized carbons (Fsp3) is 0.952. The number of aliphatic imine (C=N–C) groups is 1. The molecule has 2 aliphatic rings. The first-order valence-corrected chi connectivity index (χ1v) is 11.0. The quantitative estimate of drug-likeness (QED) is 0.204. The van der Waals surface area contributed by atoms with Gasteiger partial charge in [-0.1, -0.05) is 26.2 Å². The SMILES string of the molecule is CCCOC1(CNC(=NC)NC2CCN(CCCOC)CC2)CCCCC1.I. The number of likely N-dealkylation sites (tertiary alicyclic amines) is 1. The Morgan fingerprint density at radius 1 is 1.14 bits per heavy atom. The van der Waals surface area contributed by atoms with Crippen LogP contribution < -0.4 is 10.6 Å². The molecule has 0 spiro atoms. The van der Waals surface area contributed by atoms with Gasteiger partial charge in [-0.3, -0.25) is 4.99 Å². The van der Waals surface area contributed by atoms with Crippen LogP contribution in [0.2, 0.25) is 0 Å². The maximum atomic E-state index is 6.30. The van der Waals surface area contributed by atoms with Crippen molar-refractivity contribution in [3.8, 4) is 0 Å². The van der Waals surface area contributed by atoms with E-state index in [0.717, 1.165) is 71.0 Å². The zero-order valence-electron chi connectivity index (χ0n) is 18.3. The van der Waals surface area contributed by atoms with Crippen LogP contribution in [0.25, 0.3) is 0 Å². The van der Waals surface area contributed by atoms with Gasteiger partial charge in [0.25, 0.3) is 0 Å². The van der Waals surface area contributed by atoms with Crippen LogP contribution in [-0.2, 0) is 9.47 Å². The highest BCUT2D eigenvalue weighted by Gasteiger charge is 2.33. The molecule has 0 radical (unpaired) electrons. The van der Waals surface area contributed by atoms with Crippen molar-refractivity contribution in [2.24, 2.45) is 4.99 Å². The summed E-state index contributed by atoms with van der Waals surface area (Å²) in [5.41, 5.74) is -0.00338. The van der Waals surface area contributed by atoms with Crippen LogP contribution in [0.4, 0.5) is 0 Å². The summed E-state index contributed by atoms with van der Waals surface area (Å²) in [6.45, 7) is 8.22. The second-order valence-electron chi connectivity index (χ2n) is 8.12. The molecule has 2 N–H and O–H groups in total. The number of ether oxygens (including phenoxy) is 2. The Morgan fingerprint density at radius 2 is 1.86 bits per heavy atom. The summed E-state index contributed by atoms with van der Waals surface area (Å²) in [6, 6.07) is 0.508. The lowest BCUT2D eigenvalue weighted by Gasteiger charge is -2.38. The number of nitrogens with one attached hydrogen (secondary N) is 2. The first-order valence-electron chi connectivity index (χ1n) is 11.0. The topological polar surface area (TPSA) is 58.1 Å². The normalized spacial score (nSPS) is 21.2. The number of hydrogen-bond donors (Lipinski definition) is 2. The first kappa shape index (κ1) is 25.9. The zero-order valence-corrected chi connectivity index (χ0v) is 20.6. The Morgan fingerprint density at radius 3 is 2.46 bits per heavy atom. The number of rotatable bonds is 10. The molecule has 6 nitrogen and oxygen atoms in total. The summed E-state index contributed by atoms with van der Waals surface area (Å²) in [7, 11) is 3.65. The highest BCUT2D eigenvalue weighted by Crippen LogP contribution is 2.31. The summed E-state index contributed by atoms with van der Waals surface area (Å²) in [5, 5.41) is 7.21. The molecule has 0 atom stereocenters. The van der Waals surface area contributed by atoms with E-state index < -0.39 is 0 Å². The average molecular weight is 511 g/mol. The highest BCUT2D eigenvalue weighted by molar-refractivity contribution is 14.0. The van der Waals surface area contributed by atoms with E-state index >= 15 is 0 Å². The van der Waals surface area contributed by atoms with E-state index in [2.05, 4.69) is 27.4 Å². The summed E-state index contributed by atoms with van der Waals surface area (Å²) >= 11 is 0. The molecule has 1 aliphatic carbocycles. The van der Waals surface area contributed by atoms with Crippen molar-refractivity contribution in [2.75, 3.05) is 53.6 Å². The molecule has 1 saturated carbocycles. The van der Waals surface area contributed by atoms with Crippen molar-refractivity contribution >= 4 is 29.9 Å². The summed E-state index contributed by atoms with van der Waals surface area (Å²) in [6.07, 6.45) is 10.8. The molecular weight excluding hydrogens is 467 g/mol. The van der Waals surface area contributed by atoms with Crippen molar-refractivity contribution in [1.29, 1.82) is 0 Å². The smallest absolute Gasteiger partial charge is 0.191 e. The summed E-state index contributed by atoms with van der Waals surface area (Å²) in [4.78, 5) is 7.01. The second-order valence-corrected chi connectivity index (χ2v) is 8.12. The standard InChI is InChI=1S/C21H42N4O2.HI/c1-4-16-27-21(11-6-5-7-12-21)18-23-20(22-2)24-19-9-14-25(15-10-19)13-8-17-26-3;/h19H,4-18H2,1-3H3,(H2,22,23,24);1H. The third-order valence-corrected chi connectivity index (χ3v) is 5.93. The summed E-state index contributed by atoms with van der Waals surface area (Å²) < 4.78 is 11.5. The van der Waals surface area contributed by atoms with Gasteiger partial charge in [0.1, 0.15) is 0 Å². The van der Waals surface area contributed by atoms with Crippen LogP contribution in [0, 0.1) is 0 Å². The van der Waals surface area contributed by atoms with Crippen LogP contribution >= 0.6 is 24.0 Å². The van der Waals surface area contributed by atoms with Crippen molar-refractivity contribution in [1.82, 2.24) is 15.5 Å². The molecule has 166 valence electrons. The Hall–Kier alpha value is -0.120. The molecule has 1 saturated heterocycles. The van der Waals surface area contributed by atoms with Gasteiger partial charge in [-0.15, -0.1) is 24.0 Å². The van der Waals surface area contributed by atoms with Crippen LogP contribution in [0.1, 0.15) is 64.7 Å². The van der Waals surface area contributed by atoms with Gasteiger partial charge in [-0.2, -0.15) is 0 Å². The van der Waals surface area contributed by atoms with Crippen LogP contribution in [0.15, 0.2) is 4.99 Å². The van der Waals surface area contributed by atoms with Gasteiger partial charge in [0.15, 0.2) is 5.96 Å². The van der Waals surface area contributed by atoms with Gasteiger partial charge in [0.2, 0.25) is 0 Å². The molecule has 0 amide bonds. The molecule has 0 aromatic rings. The fourth-order valence-electron chi connectivity index (χ4n) is 4.25. The first-order chi connectivity index (χ1) is 13.2. The highest BCUT2D eigenvalue weighted by atomic mass is 127. The Bertz CT molecular complexity index is 423. The van der Waals surface area contributed by atoms with E-state index in [-0.39, 0.29) is 29.6 Å². The minimum Gasteiger partial charge on any atom is -0.385 e. The predicted octanol–water partition coefficient (Wildman–Crippen LogP) is 3.40. The zero-order chi connectivity index (χ0) is 19.4. The van der Waals surface area contributed by atoms with E-state index in [0.29, 0.717) is 6.04 Å². The lowest BCUT2D eigenvalue weighted by molar-refractivity contribution is -0.0657. The minimum atomic E-state index is -0.00338. The maximum absolute atomic E-state index is 6.30. The molecular formula is C21H43IN4O2. The van der Waals surface area contributed by atoms with Crippen molar-refractivity contribution in [2.45, 2.75) is 76.4 Å². The number of guanidine groups is 1. The van der Waals surface area contributed by atoms with E-state index in [4.69, 9.17) is 9.47 Å². The minimum absolute atomic E-state index is 0. The monoisotopic (exact) mass is 510 g/mol. The molecule has 7 heteroatoms. The third kappa shape index (κ3) is 9.13. The molecule has 0 unspecified atom stereocenters. The van der Waals surface area contributed by atoms with E-state index in [1.54, 1.807) is 7.11 Å². The van der Waals surface area contributed by atoms with Crippen molar-refractivity contribution < 1.29 is 9.47 Å². The number of methoxy groups -OCH3 is 1. The van der Waals surface area contributed by atoms with Crippen LogP contribution in [0.5, 0.6) is 0 Å². The predicted molar refractivity (Wildman–Crippen MR) is 128 cm³/mol. The average Bonchev–Trinajstić information content (AvgIpc) is 2.72. The molecule has 28 heavy (non-hydrogen) atoms. The Kier molecular flexibility index (Phi) is 13.7. The molecule has 1 heterocycles. The summed E-state index contributed by atoms with van der Waals surface area (Å²) in [5.74, 6) is 0.929. The van der Waals surface area contributed by atoms with Gasteiger partial charge in [-0.05, 0) is 38.5 Å². The lowest BCUT2D eigenvalue weighted by Crippen LogP contribution is -2.53. The molecule has 0 aromatic carbocycles. The second kappa shape index (κ2) is 14.8. The van der Waals surface area contributed by atoms with Gasteiger partial charge >= 0.3 is 0 Å². The van der Waals surface area contributed by atoms with Crippen LogP contribution in [0.3, 0.4) is 0 Å². The van der Waals surface area contributed by atoms with E-state index in [1.807, 2.05) is 7.05 Å². The number of hydrogen-bond acceptors (Lipinski definition) is 4. The van der Waals surface area contributed by atoms with Crippen molar-refractivity contribution in [3.63, 3.8) is 0 Å². The Balaban J connectivity index is 0.00000392. The maximum Gasteiger partial charge on any atom is 0.191 e. The fourth-order valence-corrected chi connectivity index (χ4v) is 4.25. The van der Waals surface area contributed by atoms with Gasteiger partial charge in [0, 0.05) is 59.6 Å². The lowest BCUT2D eigenvalue weighted by atomic mass is 9.84. The number of nitrogens with zero attached hydrogens (tertiary/aromatic N) is 2. The van der Waals surface area contributed by atoms with E-state index in [9.17, 15) is 0 Å². The molecule has 1 aliphatic heterocycles. The largest absolute Gasteiger partial charge is 0.385 e. The molecule has 0 aromatic heterocycles. The van der Waals surface area contributed by atoms with E-state index in [1.165, 1.54) is 32.1 Å². The Labute approximate surface area is 189 Å². The van der Waals surface area contributed by atoms with Crippen molar-refractivity contribution in [3.05, 3.63) is 0 Å². The number of piperidine rings is 1. The number of halogens is 1.